The normalized spacial score (nSPS) is 18.8. The molecule has 0 aliphatic carbocycles. The molecule has 0 bridgehead atoms. The Morgan fingerprint density at radius 3 is 2.43 bits per heavy atom. The van der Waals surface area contributed by atoms with Gasteiger partial charge in [0.2, 0.25) is 15.9 Å². The van der Waals surface area contributed by atoms with E-state index in [1.807, 2.05) is 13.8 Å². The second-order valence-electron chi connectivity index (χ2n) is 13.1. The molecule has 1 N–H and O–H groups in total. The third kappa shape index (κ3) is 7.02. The Morgan fingerprint density at radius 1 is 1.14 bits per heavy atom. The molecule has 7 nitrogen and oxygen atoms in total. The summed E-state index contributed by atoms with van der Waals surface area (Å²) in [5.41, 5.74) is 1.18. The molecule has 0 unspecified atom stereocenters. The Labute approximate surface area is 260 Å². The quantitative estimate of drug-likeness (QED) is 0.233. The topological polar surface area (TPSA) is 84.9 Å². The van der Waals surface area contributed by atoms with Gasteiger partial charge in [-0.15, -0.1) is 0 Å². The number of halogens is 3. The molecule has 0 aromatic heterocycles. The lowest BCUT2D eigenvalue weighted by Crippen LogP contribution is -2.45. The van der Waals surface area contributed by atoms with Crippen LogP contribution >= 0.6 is 0 Å². The Bertz CT molecular complexity index is 1540. The largest absolute Gasteiger partial charge is 0.486 e. The summed E-state index contributed by atoms with van der Waals surface area (Å²) in [4.78, 5) is 13.4. The molecular weight excluding hydrogens is 610 g/mol. The van der Waals surface area contributed by atoms with Gasteiger partial charge in [-0.1, -0.05) is 46.8 Å². The molecule has 0 fully saturated rings. The van der Waals surface area contributed by atoms with Crippen molar-refractivity contribution in [1.82, 2.24) is 0 Å². The number of amides is 1. The lowest BCUT2D eigenvalue weighted by Gasteiger charge is -2.39. The summed E-state index contributed by atoms with van der Waals surface area (Å²) in [6, 6.07) is 8.51. The highest BCUT2D eigenvalue weighted by atomic mass is 32.2. The summed E-state index contributed by atoms with van der Waals surface area (Å²) in [7, 11) is -5.66. The minimum atomic E-state index is -4.52. The molecule has 0 saturated heterocycles. The van der Waals surface area contributed by atoms with Crippen molar-refractivity contribution in [3.8, 4) is 5.75 Å². The SMILES string of the molecule is CCC1(CC)C/C(=C\C(=O)Nc2cccc3c2CCS(=O)(=O)N3CCO[Si](C)(C)C(C)(C)C)c2ccc(C(F)(F)F)cc2O1. The fourth-order valence-corrected chi connectivity index (χ4v) is 7.94. The van der Waals surface area contributed by atoms with Crippen molar-refractivity contribution in [3.05, 3.63) is 59.2 Å². The fourth-order valence-electron chi connectivity index (χ4n) is 5.40. The monoisotopic (exact) mass is 652 g/mol. The van der Waals surface area contributed by atoms with Crippen LogP contribution in [-0.4, -0.2) is 47.1 Å². The molecule has 2 aliphatic heterocycles. The zero-order valence-corrected chi connectivity index (χ0v) is 28.3. The summed E-state index contributed by atoms with van der Waals surface area (Å²) >= 11 is 0. The number of nitrogens with zero attached hydrogens (tertiary/aromatic N) is 1. The van der Waals surface area contributed by atoms with Gasteiger partial charge in [0, 0.05) is 29.3 Å². The number of carbonyl (C=O) groups excluding carboxylic acids is 1. The molecule has 0 saturated carbocycles. The van der Waals surface area contributed by atoms with Gasteiger partial charge in [-0.05, 0) is 67.2 Å². The number of fused-ring (bicyclic) bond motifs is 2. The number of sulfonamides is 1. The van der Waals surface area contributed by atoms with E-state index in [-0.39, 0.29) is 36.1 Å². The van der Waals surface area contributed by atoms with Gasteiger partial charge in [0.15, 0.2) is 8.32 Å². The van der Waals surface area contributed by atoms with E-state index in [2.05, 4.69) is 39.2 Å². The molecule has 2 aromatic carbocycles. The number of benzene rings is 2. The zero-order valence-electron chi connectivity index (χ0n) is 26.5. The van der Waals surface area contributed by atoms with Crippen LogP contribution in [0.25, 0.3) is 5.57 Å². The van der Waals surface area contributed by atoms with Crippen LogP contribution in [0.5, 0.6) is 5.75 Å². The van der Waals surface area contributed by atoms with Crippen LogP contribution in [0.3, 0.4) is 0 Å². The fraction of sp³-hybridized carbons (Fsp3) is 0.531. The number of rotatable bonds is 8. The van der Waals surface area contributed by atoms with Crippen LogP contribution in [0.4, 0.5) is 24.5 Å². The maximum absolute atomic E-state index is 13.5. The van der Waals surface area contributed by atoms with E-state index < -0.39 is 41.6 Å². The third-order valence-corrected chi connectivity index (χ3v) is 15.6. The molecule has 0 atom stereocenters. The molecule has 242 valence electrons. The van der Waals surface area contributed by atoms with Gasteiger partial charge in [0.05, 0.1) is 30.2 Å². The van der Waals surface area contributed by atoms with Crippen LogP contribution in [0.2, 0.25) is 18.1 Å². The Morgan fingerprint density at radius 2 is 1.82 bits per heavy atom. The predicted octanol–water partition coefficient (Wildman–Crippen LogP) is 7.78. The number of ether oxygens (including phenoxy) is 1. The molecule has 2 heterocycles. The van der Waals surface area contributed by atoms with Crippen molar-refractivity contribution in [3.63, 3.8) is 0 Å². The lowest BCUT2D eigenvalue weighted by molar-refractivity contribution is -0.137. The Kier molecular flexibility index (Phi) is 9.41. The molecule has 2 aromatic rings. The van der Waals surface area contributed by atoms with Gasteiger partial charge in [-0.25, -0.2) is 8.42 Å². The van der Waals surface area contributed by atoms with E-state index in [0.29, 0.717) is 47.3 Å². The van der Waals surface area contributed by atoms with Gasteiger partial charge in [0.1, 0.15) is 11.4 Å². The summed E-state index contributed by atoms with van der Waals surface area (Å²) in [5, 5.41) is 2.90. The standard InChI is InChI=1S/C32H43F3N2O5SSi/c1-8-31(9-2)21-22(24-14-13-23(32(33,34)35)20-28(24)42-31)19-29(38)36-26-11-10-12-27-25(26)15-18-43(39,40)37(27)16-17-41-44(6,7)30(3,4)5/h10-14,19-20H,8-9,15-18,21H2,1-7H3,(H,36,38)/b22-19+. The highest BCUT2D eigenvalue weighted by Crippen LogP contribution is 2.46. The first-order chi connectivity index (χ1) is 20.3. The first-order valence-electron chi connectivity index (χ1n) is 15.0. The average Bonchev–Trinajstić information content (AvgIpc) is 2.92. The third-order valence-electron chi connectivity index (χ3n) is 9.28. The van der Waals surface area contributed by atoms with Crippen molar-refractivity contribution in [1.29, 1.82) is 0 Å². The molecule has 1 amide bonds. The van der Waals surface area contributed by atoms with E-state index in [4.69, 9.17) is 9.16 Å². The molecule has 0 spiro atoms. The van der Waals surface area contributed by atoms with Crippen molar-refractivity contribution >= 4 is 41.2 Å². The van der Waals surface area contributed by atoms with Gasteiger partial charge < -0.3 is 14.5 Å². The highest BCUT2D eigenvalue weighted by Gasteiger charge is 2.40. The van der Waals surface area contributed by atoms with Crippen LogP contribution in [-0.2, 0) is 31.8 Å². The minimum absolute atomic E-state index is 0.0167. The number of hydrogen-bond donors (Lipinski definition) is 1. The van der Waals surface area contributed by atoms with Crippen LogP contribution in [0.1, 0.15) is 70.6 Å². The minimum Gasteiger partial charge on any atom is -0.486 e. The number of hydrogen-bond acceptors (Lipinski definition) is 5. The van der Waals surface area contributed by atoms with E-state index >= 15 is 0 Å². The maximum atomic E-state index is 13.5. The van der Waals surface area contributed by atoms with Gasteiger partial charge in [0.25, 0.3) is 0 Å². The molecule has 4 rings (SSSR count). The number of carbonyl (C=O) groups is 1. The number of nitrogens with one attached hydrogen (secondary N) is 1. The number of anilines is 2. The van der Waals surface area contributed by atoms with Crippen LogP contribution < -0.4 is 14.4 Å². The Hall–Kier alpha value is -2.83. The van der Waals surface area contributed by atoms with Crippen LogP contribution in [0.15, 0.2) is 42.5 Å². The van der Waals surface area contributed by atoms with Gasteiger partial charge >= 0.3 is 6.18 Å². The van der Waals surface area contributed by atoms with E-state index in [9.17, 15) is 26.4 Å². The molecule has 12 heteroatoms. The van der Waals surface area contributed by atoms with E-state index in [1.54, 1.807) is 18.2 Å². The first kappa shape index (κ1) is 34.0. The van der Waals surface area contributed by atoms with Crippen molar-refractivity contribution in [2.75, 3.05) is 28.5 Å². The smallest absolute Gasteiger partial charge is 0.416 e. The lowest BCUT2D eigenvalue weighted by atomic mass is 9.83. The molecule has 2 aliphatic rings. The number of alkyl halides is 3. The summed E-state index contributed by atoms with van der Waals surface area (Å²) in [6.45, 7) is 14.8. The summed E-state index contributed by atoms with van der Waals surface area (Å²) < 4.78 is 80.4. The zero-order chi connectivity index (χ0) is 32.7. The average molecular weight is 653 g/mol. The van der Waals surface area contributed by atoms with E-state index in [1.165, 1.54) is 16.4 Å². The Balaban J connectivity index is 1.62. The second-order valence-corrected chi connectivity index (χ2v) is 19.9. The van der Waals surface area contributed by atoms with Crippen LogP contribution in [0, 0.1) is 0 Å². The van der Waals surface area contributed by atoms with Crippen molar-refractivity contribution < 1.29 is 35.5 Å². The predicted molar refractivity (Wildman–Crippen MR) is 171 cm³/mol. The molecule has 44 heavy (non-hydrogen) atoms. The highest BCUT2D eigenvalue weighted by molar-refractivity contribution is 7.92. The maximum Gasteiger partial charge on any atom is 0.416 e. The first-order valence-corrected chi connectivity index (χ1v) is 19.5. The van der Waals surface area contributed by atoms with E-state index in [0.717, 1.165) is 12.1 Å². The van der Waals surface area contributed by atoms with Crippen molar-refractivity contribution in [2.45, 2.75) is 90.2 Å². The molecule has 0 radical (unpaired) electrons. The van der Waals surface area contributed by atoms with Gasteiger partial charge in [-0.3, -0.25) is 9.10 Å². The molecular formula is C32H43F3N2O5SSi. The van der Waals surface area contributed by atoms with Crippen molar-refractivity contribution in [2.24, 2.45) is 0 Å². The summed E-state index contributed by atoms with van der Waals surface area (Å²) in [6.07, 6.45) is -1.42. The van der Waals surface area contributed by atoms with Gasteiger partial charge in [-0.2, -0.15) is 13.2 Å². The summed E-state index contributed by atoms with van der Waals surface area (Å²) in [5.74, 6) is -0.453. The second kappa shape index (κ2) is 12.2.